The van der Waals surface area contributed by atoms with Crippen LogP contribution in [0.2, 0.25) is 0 Å². The number of hydrogen-bond acceptors (Lipinski definition) is 6. The van der Waals surface area contributed by atoms with Gasteiger partial charge >= 0.3 is 5.97 Å². The van der Waals surface area contributed by atoms with Crippen molar-refractivity contribution in [3.05, 3.63) is 47.8 Å². The predicted molar refractivity (Wildman–Crippen MR) is 108 cm³/mol. The number of aromatic hydroxyl groups is 1. The summed E-state index contributed by atoms with van der Waals surface area (Å²) >= 11 is 0. The Kier molecular flexibility index (Phi) is 6.69. The van der Waals surface area contributed by atoms with Gasteiger partial charge in [-0.1, -0.05) is 6.07 Å². The Morgan fingerprint density at radius 3 is 2.62 bits per heavy atom. The molecule has 1 aromatic carbocycles. The molecule has 2 N–H and O–H groups in total. The number of anilines is 1. The summed E-state index contributed by atoms with van der Waals surface area (Å²) in [6, 6.07) is 8.53. The van der Waals surface area contributed by atoms with Gasteiger partial charge in [-0.2, -0.15) is 0 Å². The van der Waals surface area contributed by atoms with E-state index in [1.54, 1.807) is 24.4 Å². The van der Waals surface area contributed by atoms with Crippen molar-refractivity contribution in [1.82, 2.24) is 4.98 Å². The van der Waals surface area contributed by atoms with E-state index in [-0.39, 0.29) is 30.2 Å². The number of carbonyl (C=O) groups excluding carboxylic acids is 2. The third-order valence-electron chi connectivity index (χ3n) is 5.10. The normalized spacial score (nSPS) is 18.7. The van der Waals surface area contributed by atoms with Crippen molar-refractivity contribution >= 4 is 17.6 Å². The molecule has 154 valence electrons. The molecular formula is C22H26N2O5. The maximum absolute atomic E-state index is 12.4. The number of nitrogens with zero attached hydrogens (tertiary/aromatic N) is 1. The van der Waals surface area contributed by atoms with Crippen molar-refractivity contribution in [2.24, 2.45) is 0 Å². The monoisotopic (exact) mass is 398 g/mol. The highest BCUT2D eigenvalue weighted by Crippen LogP contribution is 2.34. The number of carbonyl (C=O) groups is 2. The molecule has 1 fully saturated rings. The molecule has 7 nitrogen and oxygen atoms in total. The van der Waals surface area contributed by atoms with Gasteiger partial charge in [0.05, 0.1) is 13.5 Å². The first-order valence-corrected chi connectivity index (χ1v) is 9.73. The van der Waals surface area contributed by atoms with Gasteiger partial charge in [0.2, 0.25) is 5.91 Å². The predicted octanol–water partition coefficient (Wildman–Crippen LogP) is 3.57. The summed E-state index contributed by atoms with van der Waals surface area (Å²) in [4.78, 5) is 28.0. The lowest BCUT2D eigenvalue weighted by atomic mass is 9.85. The Bertz CT molecular complexity index is 875. The molecule has 0 bridgehead atoms. The van der Waals surface area contributed by atoms with E-state index in [2.05, 4.69) is 10.3 Å². The molecule has 1 amide bonds. The lowest BCUT2D eigenvalue weighted by Gasteiger charge is -2.27. The number of phenols is 1. The first-order valence-electron chi connectivity index (χ1n) is 9.73. The second-order valence-electron chi connectivity index (χ2n) is 7.28. The summed E-state index contributed by atoms with van der Waals surface area (Å²) in [6.45, 7) is 1.44. The Balaban J connectivity index is 1.58. The Morgan fingerprint density at radius 2 is 1.93 bits per heavy atom. The van der Waals surface area contributed by atoms with Crippen LogP contribution in [0.25, 0.3) is 0 Å². The Hall–Kier alpha value is -3.09. The number of methoxy groups -OCH3 is 1. The van der Waals surface area contributed by atoms with Crippen LogP contribution in [-0.4, -0.2) is 35.2 Å². The van der Waals surface area contributed by atoms with Gasteiger partial charge in [-0.15, -0.1) is 0 Å². The first kappa shape index (κ1) is 20.6. The quantitative estimate of drug-likeness (QED) is 0.722. The van der Waals surface area contributed by atoms with Crippen molar-refractivity contribution < 1.29 is 24.2 Å². The minimum atomic E-state index is -0.234. The highest BCUT2D eigenvalue weighted by Gasteiger charge is 2.25. The van der Waals surface area contributed by atoms with Crippen molar-refractivity contribution in [1.29, 1.82) is 0 Å². The summed E-state index contributed by atoms with van der Waals surface area (Å²) in [7, 11) is 1.47. The summed E-state index contributed by atoms with van der Waals surface area (Å²) in [5.74, 6) is 0.278. The molecule has 0 radical (unpaired) electrons. The lowest BCUT2D eigenvalue weighted by molar-refractivity contribution is -0.147. The van der Waals surface area contributed by atoms with Crippen LogP contribution < -0.4 is 10.1 Å². The third-order valence-corrected chi connectivity index (χ3v) is 5.10. The number of nitrogens with one attached hydrogen (secondary N) is 1. The molecule has 1 heterocycles. The van der Waals surface area contributed by atoms with Gasteiger partial charge < -0.3 is 19.9 Å². The van der Waals surface area contributed by atoms with E-state index in [0.29, 0.717) is 17.4 Å². The van der Waals surface area contributed by atoms with Crippen LogP contribution in [0.4, 0.5) is 5.69 Å². The van der Waals surface area contributed by atoms with Gasteiger partial charge in [0.15, 0.2) is 11.5 Å². The molecule has 3 rings (SSSR count). The molecule has 1 aromatic heterocycles. The maximum atomic E-state index is 12.4. The number of hydrogen-bond donors (Lipinski definition) is 2. The zero-order chi connectivity index (χ0) is 20.8. The van der Waals surface area contributed by atoms with Crippen molar-refractivity contribution in [3.8, 4) is 11.5 Å². The highest BCUT2D eigenvalue weighted by atomic mass is 16.5. The van der Waals surface area contributed by atoms with E-state index in [4.69, 9.17) is 9.47 Å². The molecule has 1 saturated carbocycles. The second kappa shape index (κ2) is 9.41. The topological polar surface area (TPSA) is 97.8 Å². The molecular weight excluding hydrogens is 372 g/mol. The average molecular weight is 398 g/mol. The number of ether oxygens (including phenoxy) is 2. The summed E-state index contributed by atoms with van der Waals surface area (Å²) in [5, 5.41) is 12.6. The fourth-order valence-corrected chi connectivity index (χ4v) is 3.68. The van der Waals surface area contributed by atoms with Gasteiger partial charge in [0.25, 0.3) is 0 Å². The molecule has 0 aliphatic heterocycles. The van der Waals surface area contributed by atoms with E-state index in [0.717, 1.165) is 36.9 Å². The van der Waals surface area contributed by atoms with Gasteiger partial charge in [0, 0.05) is 30.4 Å². The highest BCUT2D eigenvalue weighted by molar-refractivity contribution is 5.92. The van der Waals surface area contributed by atoms with E-state index in [9.17, 15) is 14.7 Å². The van der Waals surface area contributed by atoms with Crippen LogP contribution in [0.3, 0.4) is 0 Å². The molecule has 7 heteroatoms. The summed E-state index contributed by atoms with van der Waals surface area (Å²) in [6.07, 6.45) is 5.31. The number of esters is 1. The van der Waals surface area contributed by atoms with Gasteiger partial charge in [-0.3, -0.25) is 14.6 Å². The Morgan fingerprint density at radius 1 is 1.17 bits per heavy atom. The number of benzene rings is 1. The van der Waals surface area contributed by atoms with Crippen LogP contribution in [-0.2, 0) is 20.7 Å². The largest absolute Gasteiger partial charge is 0.504 e. The fraction of sp³-hybridized carbons (Fsp3) is 0.409. The van der Waals surface area contributed by atoms with Crippen LogP contribution in [0, 0.1) is 0 Å². The van der Waals surface area contributed by atoms with Crippen LogP contribution in [0.5, 0.6) is 11.5 Å². The molecule has 0 atom stereocenters. The number of phenolic OH excluding ortho intramolecular Hbond substituents is 1. The van der Waals surface area contributed by atoms with Gasteiger partial charge in [-0.25, -0.2) is 0 Å². The van der Waals surface area contributed by atoms with Crippen molar-refractivity contribution in [3.63, 3.8) is 0 Å². The van der Waals surface area contributed by atoms with E-state index in [1.165, 1.54) is 20.1 Å². The van der Waals surface area contributed by atoms with E-state index >= 15 is 0 Å². The van der Waals surface area contributed by atoms with Gasteiger partial charge in [-0.05, 0) is 55.5 Å². The zero-order valence-electron chi connectivity index (χ0n) is 16.7. The van der Waals surface area contributed by atoms with Crippen LogP contribution in [0.15, 0.2) is 36.5 Å². The minimum absolute atomic E-state index is 0.00561. The number of rotatable bonds is 6. The van der Waals surface area contributed by atoms with Crippen molar-refractivity contribution in [2.45, 2.75) is 51.0 Å². The molecule has 1 aliphatic carbocycles. The molecule has 2 aromatic rings. The SMILES string of the molecule is COc1cc(CC(=O)Nc2ccnc([C@H]3CC[C@@H](OC(C)=O)CC3)c2)ccc1O. The standard InChI is InChI=1S/C22H26N2O5/c1-14(25)29-18-6-4-16(5-7-18)19-13-17(9-10-23-19)24-22(27)12-15-3-8-20(26)21(11-15)28-2/h3,8-11,13,16,18,26H,4-7,12H2,1-2H3,(H,23,24,27)/t16-,18+. The van der Waals surface area contributed by atoms with Crippen molar-refractivity contribution in [2.75, 3.05) is 12.4 Å². The average Bonchev–Trinajstić information content (AvgIpc) is 2.69. The van der Waals surface area contributed by atoms with E-state index in [1.807, 2.05) is 6.07 Å². The van der Waals surface area contributed by atoms with Crippen LogP contribution in [0.1, 0.15) is 49.8 Å². The maximum Gasteiger partial charge on any atom is 0.302 e. The van der Waals surface area contributed by atoms with Crippen LogP contribution >= 0.6 is 0 Å². The minimum Gasteiger partial charge on any atom is -0.504 e. The van der Waals surface area contributed by atoms with Gasteiger partial charge in [0.1, 0.15) is 6.10 Å². The molecule has 1 aliphatic rings. The molecule has 0 unspecified atom stereocenters. The fourth-order valence-electron chi connectivity index (χ4n) is 3.68. The number of amides is 1. The molecule has 29 heavy (non-hydrogen) atoms. The third kappa shape index (κ3) is 5.70. The Labute approximate surface area is 170 Å². The second-order valence-corrected chi connectivity index (χ2v) is 7.28. The number of pyridine rings is 1. The lowest BCUT2D eigenvalue weighted by Crippen LogP contribution is -2.23. The zero-order valence-corrected chi connectivity index (χ0v) is 16.7. The summed E-state index contributed by atoms with van der Waals surface area (Å²) in [5.41, 5.74) is 2.39. The first-order chi connectivity index (χ1) is 13.9. The molecule has 0 spiro atoms. The smallest absolute Gasteiger partial charge is 0.302 e. The van der Waals surface area contributed by atoms with E-state index < -0.39 is 0 Å². The number of aromatic nitrogens is 1. The summed E-state index contributed by atoms with van der Waals surface area (Å²) < 4.78 is 10.4. The molecule has 0 saturated heterocycles.